The molecule has 1 aliphatic carbocycles. The molecule has 1 saturated carbocycles. The van der Waals surface area contributed by atoms with Crippen LogP contribution >= 0.6 is 0 Å². The van der Waals surface area contributed by atoms with E-state index >= 15 is 0 Å². The van der Waals surface area contributed by atoms with E-state index in [9.17, 15) is 8.42 Å². The number of sulfone groups is 1. The summed E-state index contributed by atoms with van der Waals surface area (Å²) in [7, 11) is -3.14. The van der Waals surface area contributed by atoms with Crippen molar-refractivity contribution in [2.45, 2.75) is 23.8 Å². The van der Waals surface area contributed by atoms with Crippen LogP contribution in [0.1, 0.15) is 18.9 Å². The van der Waals surface area contributed by atoms with E-state index in [-0.39, 0.29) is 0 Å². The van der Waals surface area contributed by atoms with E-state index in [4.69, 9.17) is 0 Å². The minimum atomic E-state index is -3.14. The molecule has 3 rings (SSSR count). The zero-order valence-electron chi connectivity index (χ0n) is 10.6. The van der Waals surface area contributed by atoms with Crippen LogP contribution in [-0.2, 0) is 9.84 Å². The summed E-state index contributed by atoms with van der Waals surface area (Å²) in [5.41, 5.74) is 0.834. The summed E-state index contributed by atoms with van der Waals surface area (Å²) >= 11 is 0. The van der Waals surface area contributed by atoms with E-state index in [0.29, 0.717) is 10.9 Å². The van der Waals surface area contributed by atoms with Gasteiger partial charge in [0.05, 0.1) is 4.90 Å². The largest absolute Gasteiger partial charge is 0.326 e. The summed E-state index contributed by atoms with van der Waals surface area (Å²) in [4.78, 5) is 4.60. The van der Waals surface area contributed by atoms with Gasteiger partial charge >= 0.3 is 0 Å². The molecule has 0 amide bonds. The molecule has 2 aromatic rings. The number of nitrogens with zero attached hydrogens (tertiary/aromatic N) is 2. The van der Waals surface area contributed by atoms with Crippen molar-refractivity contribution in [3.63, 3.8) is 0 Å². The molecule has 19 heavy (non-hydrogen) atoms. The summed E-state index contributed by atoms with van der Waals surface area (Å²) < 4.78 is 24.9. The number of imidazole rings is 1. The quantitative estimate of drug-likeness (QED) is 0.931. The van der Waals surface area contributed by atoms with E-state index in [1.807, 2.05) is 6.20 Å². The van der Waals surface area contributed by atoms with Crippen molar-refractivity contribution in [1.82, 2.24) is 9.55 Å². The van der Waals surface area contributed by atoms with Gasteiger partial charge in [-0.1, -0.05) is 0 Å². The number of benzene rings is 1. The maximum absolute atomic E-state index is 11.4. The lowest BCUT2D eigenvalue weighted by atomic mass is 10.3. The first kappa shape index (κ1) is 12.2. The Morgan fingerprint density at radius 1 is 1.26 bits per heavy atom. The molecule has 0 spiro atoms. The average molecular weight is 277 g/mol. The first-order valence-corrected chi connectivity index (χ1v) is 8.03. The first-order chi connectivity index (χ1) is 9.04. The van der Waals surface area contributed by atoms with Crippen LogP contribution in [-0.4, -0.2) is 24.2 Å². The zero-order chi connectivity index (χ0) is 13.5. The Morgan fingerprint density at radius 3 is 2.53 bits per heavy atom. The topological polar surface area (TPSA) is 64.0 Å². The van der Waals surface area contributed by atoms with Gasteiger partial charge in [0.15, 0.2) is 9.84 Å². The van der Waals surface area contributed by atoms with Crippen molar-refractivity contribution in [1.29, 1.82) is 0 Å². The smallest absolute Gasteiger partial charge is 0.207 e. The lowest BCUT2D eigenvalue weighted by Crippen LogP contribution is -2.02. The molecule has 0 bridgehead atoms. The Balaban J connectivity index is 1.81. The van der Waals surface area contributed by atoms with Crippen molar-refractivity contribution < 1.29 is 8.42 Å². The highest BCUT2D eigenvalue weighted by Gasteiger charge is 2.25. The van der Waals surface area contributed by atoms with Crippen LogP contribution in [0.4, 0.5) is 11.6 Å². The number of rotatable bonds is 4. The fourth-order valence-electron chi connectivity index (χ4n) is 1.97. The summed E-state index contributed by atoms with van der Waals surface area (Å²) in [6.07, 6.45) is 7.32. The van der Waals surface area contributed by atoms with Crippen LogP contribution in [0.3, 0.4) is 0 Å². The molecular weight excluding hydrogens is 262 g/mol. The third-order valence-corrected chi connectivity index (χ3v) is 4.28. The highest BCUT2D eigenvalue weighted by atomic mass is 32.2. The van der Waals surface area contributed by atoms with Gasteiger partial charge in [0, 0.05) is 30.4 Å². The normalized spacial score (nSPS) is 15.4. The van der Waals surface area contributed by atoms with Crippen molar-refractivity contribution >= 4 is 21.5 Å². The summed E-state index contributed by atoms with van der Waals surface area (Å²) in [5, 5.41) is 3.21. The summed E-state index contributed by atoms with van der Waals surface area (Å²) in [5.74, 6) is 0.801. The van der Waals surface area contributed by atoms with Gasteiger partial charge in [0.25, 0.3) is 0 Å². The number of nitrogens with one attached hydrogen (secondary N) is 1. The maximum atomic E-state index is 11.4. The maximum Gasteiger partial charge on any atom is 0.207 e. The highest BCUT2D eigenvalue weighted by molar-refractivity contribution is 7.90. The molecule has 1 aromatic carbocycles. The molecular formula is C13H15N3O2S. The van der Waals surface area contributed by atoms with Crippen molar-refractivity contribution in [2.75, 3.05) is 11.6 Å². The second kappa shape index (κ2) is 4.38. The van der Waals surface area contributed by atoms with Crippen LogP contribution in [0.2, 0.25) is 0 Å². The Hall–Kier alpha value is -1.82. The molecule has 5 nitrogen and oxygen atoms in total. The Morgan fingerprint density at radius 2 is 1.95 bits per heavy atom. The van der Waals surface area contributed by atoms with E-state index in [0.717, 1.165) is 11.6 Å². The molecule has 100 valence electrons. The third kappa shape index (κ3) is 2.63. The molecule has 1 aliphatic rings. The van der Waals surface area contributed by atoms with Crippen molar-refractivity contribution in [2.24, 2.45) is 0 Å². The van der Waals surface area contributed by atoms with Gasteiger partial charge in [-0.15, -0.1) is 0 Å². The van der Waals surface area contributed by atoms with Crippen LogP contribution in [0.5, 0.6) is 0 Å². The fourth-order valence-corrected chi connectivity index (χ4v) is 2.60. The van der Waals surface area contributed by atoms with E-state index in [1.54, 1.807) is 30.5 Å². The molecule has 1 aromatic heterocycles. The summed E-state index contributed by atoms with van der Waals surface area (Å²) in [6.45, 7) is 0. The predicted molar refractivity (Wildman–Crippen MR) is 73.3 cm³/mol. The van der Waals surface area contributed by atoms with E-state index < -0.39 is 9.84 Å². The monoisotopic (exact) mass is 277 g/mol. The highest BCUT2D eigenvalue weighted by Crippen LogP contribution is 2.37. The van der Waals surface area contributed by atoms with Gasteiger partial charge < -0.3 is 9.88 Å². The lowest BCUT2D eigenvalue weighted by Gasteiger charge is -2.09. The molecule has 0 radical (unpaired) electrons. The standard InChI is InChI=1S/C13H15N3O2S/c1-19(17,18)12-6-2-10(3-7-12)15-13-14-8-9-16(13)11-4-5-11/h2-3,6-9,11H,4-5H2,1H3,(H,14,15). The molecule has 0 aliphatic heterocycles. The number of hydrogen-bond donors (Lipinski definition) is 1. The van der Waals surface area contributed by atoms with Gasteiger partial charge in [-0.2, -0.15) is 0 Å². The SMILES string of the molecule is CS(=O)(=O)c1ccc(Nc2nccn2C2CC2)cc1. The van der Waals surface area contributed by atoms with Gasteiger partial charge in [-0.3, -0.25) is 0 Å². The van der Waals surface area contributed by atoms with Gasteiger partial charge in [0.2, 0.25) is 5.95 Å². The van der Waals surface area contributed by atoms with Crippen molar-refractivity contribution in [3.8, 4) is 0 Å². The van der Waals surface area contributed by atoms with Crippen LogP contribution in [0.15, 0.2) is 41.6 Å². The van der Waals surface area contributed by atoms with Crippen LogP contribution in [0, 0.1) is 0 Å². The minimum Gasteiger partial charge on any atom is -0.326 e. The molecule has 0 saturated heterocycles. The molecule has 6 heteroatoms. The fraction of sp³-hybridized carbons (Fsp3) is 0.308. The van der Waals surface area contributed by atoms with Gasteiger partial charge in [-0.25, -0.2) is 13.4 Å². The molecule has 0 unspecified atom stereocenters. The second-order valence-electron chi connectivity index (χ2n) is 4.81. The second-order valence-corrected chi connectivity index (χ2v) is 6.83. The zero-order valence-corrected chi connectivity index (χ0v) is 11.4. The summed E-state index contributed by atoms with van der Waals surface area (Å²) in [6, 6.07) is 7.26. The number of hydrogen-bond acceptors (Lipinski definition) is 4. The predicted octanol–water partition coefficient (Wildman–Crippen LogP) is 2.37. The van der Waals surface area contributed by atoms with Gasteiger partial charge in [0.1, 0.15) is 0 Å². The first-order valence-electron chi connectivity index (χ1n) is 6.14. The average Bonchev–Trinajstić information content (AvgIpc) is 3.10. The number of aromatic nitrogens is 2. The van der Waals surface area contributed by atoms with Gasteiger partial charge in [-0.05, 0) is 37.1 Å². The Labute approximate surface area is 112 Å². The van der Waals surface area contributed by atoms with E-state index in [1.165, 1.54) is 19.1 Å². The lowest BCUT2D eigenvalue weighted by molar-refractivity contribution is 0.602. The van der Waals surface area contributed by atoms with E-state index in [2.05, 4.69) is 14.9 Å². The molecule has 1 N–H and O–H groups in total. The molecule has 0 atom stereocenters. The third-order valence-electron chi connectivity index (χ3n) is 3.15. The van der Waals surface area contributed by atoms with Crippen molar-refractivity contribution in [3.05, 3.63) is 36.7 Å². The van der Waals surface area contributed by atoms with Crippen LogP contribution < -0.4 is 5.32 Å². The Kier molecular flexibility index (Phi) is 2.82. The molecule has 1 fully saturated rings. The van der Waals surface area contributed by atoms with Crippen LogP contribution in [0.25, 0.3) is 0 Å². The molecule has 1 heterocycles. The number of anilines is 2. The minimum absolute atomic E-state index is 0.323. The Bertz CT molecular complexity index is 685.